The van der Waals surface area contributed by atoms with Crippen LogP contribution in [0.4, 0.5) is 0 Å². The first kappa shape index (κ1) is 136. The molecule has 5 heteroatoms. The van der Waals surface area contributed by atoms with Crippen LogP contribution in [0.5, 0.6) is 0 Å². The van der Waals surface area contributed by atoms with Gasteiger partial charge in [0.15, 0.2) is 0 Å². The average Bonchev–Trinajstić information content (AvgIpc) is 0. The van der Waals surface area contributed by atoms with Crippen molar-refractivity contribution in [1.29, 1.82) is 0 Å². The summed E-state index contributed by atoms with van der Waals surface area (Å²) in [7, 11) is 0. The molecule has 0 N–H and O–H groups in total. The van der Waals surface area contributed by atoms with Crippen molar-refractivity contribution < 1.29 is 6.15 Å². The molecule has 0 aliphatic heterocycles. The molecule has 0 nitrogen and oxygen atoms in total. The van der Waals surface area contributed by atoms with Gasteiger partial charge in [0, 0.05) is 6.15 Å². The monoisotopic (exact) mass is 148 g/mol. The molecule has 0 aromatic carbocycles. The van der Waals surface area contributed by atoms with Gasteiger partial charge in [-0.05, 0) is 0 Å². The maximum Gasteiger partial charge on any atom is 0 e. The first-order chi connectivity index (χ1) is 0. The molecule has 0 rings (SSSR count). The van der Waals surface area contributed by atoms with E-state index in [0.29, 0.717) is 0 Å². The molecule has 0 aromatic heterocycles. The summed E-state index contributed by atoms with van der Waals surface area (Å²) >= 11 is 0. The fraction of sp³-hybridized carbons (Fsp3) is 0. The van der Waals surface area contributed by atoms with Crippen molar-refractivity contribution in [3.63, 3.8) is 0 Å². The molecule has 0 aliphatic carbocycles. The molecular formula is H4Cl4He. The summed E-state index contributed by atoms with van der Waals surface area (Å²) < 4.78 is 0. The van der Waals surface area contributed by atoms with Crippen LogP contribution >= 0.6 is 49.6 Å². The molecule has 0 saturated carbocycles. The zero-order chi connectivity index (χ0) is 0. The molecule has 0 heterocycles. The Morgan fingerprint density at radius 1 is 0.400 bits per heavy atom. The standard InChI is InChI=1S/4ClH.He/h4*1H;. The Morgan fingerprint density at radius 2 is 0.400 bits per heavy atom. The fourth-order valence-electron chi connectivity index (χ4n) is 0. The maximum atomic E-state index is 0. The van der Waals surface area contributed by atoms with Gasteiger partial charge in [-0.15, -0.1) is 49.6 Å². The van der Waals surface area contributed by atoms with Gasteiger partial charge in [-0.3, -0.25) is 0 Å². The van der Waals surface area contributed by atoms with E-state index < -0.39 is 0 Å². The molecule has 0 aromatic rings. The summed E-state index contributed by atoms with van der Waals surface area (Å²) in [5, 5.41) is 0. The van der Waals surface area contributed by atoms with Crippen LogP contribution in [0.15, 0.2) is 0 Å². The summed E-state index contributed by atoms with van der Waals surface area (Å²) in [6, 6.07) is 0. The van der Waals surface area contributed by atoms with Gasteiger partial charge >= 0.3 is 0 Å². The van der Waals surface area contributed by atoms with Crippen LogP contribution in [0.3, 0.4) is 0 Å². The van der Waals surface area contributed by atoms with Gasteiger partial charge in [0.25, 0.3) is 0 Å². The number of halogens is 4. The summed E-state index contributed by atoms with van der Waals surface area (Å²) in [5.74, 6) is 0. The Morgan fingerprint density at radius 3 is 0.400 bits per heavy atom. The average molecular weight is 150 g/mol. The van der Waals surface area contributed by atoms with E-state index in [4.69, 9.17) is 0 Å². The third-order valence-electron chi connectivity index (χ3n) is 0. The molecule has 34 valence electrons. The first-order valence-electron chi connectivity index (χ1n) is 0. The molecule has 0 bridgehead atoms. The van der Waals surface area contributed by atoms with Gasteiger partial charge in [-0.1, -0.05) is 0 Å². The van der Waals surface area contributed by atoms with Crippen LogP contribution in [0, 0.1) is 6.15 Å². The maximum absolute atomic E-state index is 0. The van der Waals surface area contributed by atoms with Crippen LogP contribution in [0.2, 0.25) is 0 Å². The molecule has 0 fully saturated rings. The summed E-state index contributed by atoms with van der Waals surface area (Å²) in [5.41, 5.74) is 0. The second-order valence-corrected chi connectivity index (χ2v) is 0. The van der Waals surface area contributed by atoms with Crippen LogP contribution in [0.25, 0.3) is 0 Å². The van der Waals surface area contributed by atoms with E-state index in [1.807, 2.05) is 0 Å². The van der Waals surface area contributed by atoms with Crippen molar-refractivity contribution in [1.82, 2.24) is 0 Å². The normalized spacial score (nSPS) is 0. The van der Waals surface area contributed by atoms with E-state index in [-0.39, 0.29) is 55.8 Å². The Kier molecular flexibility index (Phi) is 2000. The second kappa shape index (κ2) is 73.4. The molecule has 5 heavy (non-hydrogen) atoms. The summed E-state index contributed by atoms with van der Waals surface area (Å²) in [6.07, 6.45) is 0. The van der Waals surface area contributed by atoms with Gasteiger partial charge in [0.1, 0.15) is 0 Å². The molecule has 0 spiro atoms. The Labute approximate surface area is 56.1 Å². The molecule has 0 atom stereocenters. The van der Waals surface area contributed by atoms with Gasteiger partial charge in [0.05, 0.1) is 0 Å². The van der Waals surface area contributed by atoms with Crippen LogP contribution < -0.4 is 0 Å². The SMILES string of the molecule is Cl.Cl.Cl.Cl.[He]. The third-order valence-corrected chi connectivity index (χ3v) is 0. The zero-order valence-electron chi connectivity index (χ0n) is 2.34. The van der Waals surface area contributed by atoms with Crippen LogP contribution in [-0.4, -0.2) is 0 Å². The molecule has 0 radical (unpaired) electrons. The Hall–Kier alpha value is 1.07. The van der Waals surface area contributed by atoms with Crippen molar-refractivity contribution in [3.05, 3.63) is 0 Å². The topological polar surface area (TPSA) is 0 Å². The minimum Gasteiger partial charge on any atom is -0.147 e. The summed E-state index contributed by atoms with van der Waals surface area (Å²) in [4.78, 5) is 0. The Bertz CT molecular complexity index is 3.61. The quantitative estimate of drug-likeness (QED) is 0.492. The number of rotatable bonds is 0. The van der Waals surface area contributed by atoms with E-state index in [0.717, 1.165) is 0 Å². The van der Waals surface area contributed by atoms with Crippen molar-refractivity contribution in [3.8, 4) is 0 Å². The summed E-state index contributed by atoms with van der Waals surface area (Å²) in [6.45, 7) is 0. The second-order valence-electron chi connectivity index (χ2n) is 0. The van der Waals surface area contributed by atoms with E-state index in [2.05, 4.69) is 0 Å². The molecular weight excluding hydrogens is 146 g/mol. The smallest absolute Gasteiger partial charge is 0 e. The Balaban J connectivity index is 0. The predicted octanol–water partition coefficient (Wildman–Crippen LogP) is 1.69. The largest absolute Gasteiger partial charge is 0.147 e. The molecule has 0 saturated heterocycles. The minimum absolute atomic E-state index is 0. The van der Waals surface area contributed by atoms with Crippen molar-refractivity contribution in [2.24, 2.45) is 0 Å². The molecule has 0 amide bonds. The number of hydrogen-bond donors (Lipinski definition) is 0. The number of hydrogen-bond acceptors (Lipinski definition) is 0. The van der Waals surface area contributed by atoms with Gasteiger partial charge in [0.2, 0.25) is 0 Å². The van der Waals surface area contributed by atoms with E-state index >= 15 is 0 Å². The first-order valence-corrected chi connectivity index (χ1v) is 0. The van der Waals surface area contributed by atoms with Gasteiger partial charge in [-0.2, -0.15) is 0 Å². The molecule has 0 unspecified atom stereocenters. The van der Waals surface area contributed by atoms with E-state index in [1.54, 1.807) is 0 Å². The zero-order valence-corrected chi connectivity index (χ0v) is 5.61. The predicted molar refractivity (Wildman–Crippen MR) is 29.0 cm³/mol. The van der Waals surface area contributed by atoms with Crippen molar-refractivity contribution in [2.45, 2.75) is 0 Å². The van der Waals surface area contributed by atoms with Gasteiger partial charge < -0.3 is 0 Å². The van der Waals surface area contributed by atoms with Gasteiger partial charge in [-0.25, -0.2) is 0 Å². The third kappa shape index (κ3) is 41.8. The fourth-order valence-corrected chi connectivity index (χ4v) is 0. The van der Waals surface area contributed by atoms with Crippen molar-refractivity contribution >= 4 is 49.6 Å². The van der Waals surface area contributed by atoms with E-state index in [1.165, 1.54) is 0 Å². The van der Waals surface area contributed by atoms with Crippen LogP contribution in [0.1, 0.15) is 0 Å². The molecule has 0 aliphatic rings. The minimum atomic E-state index is 0. The van der Waals surface area contributed by atoms with E-state index in [9.17, 15) is 0 Å². The van der Waals surface area contributed by atoms with Crippen molar-refractivity contribution in [2.75, 3.05) is 0 Å². The van der Waals surface area contributed by atoms with Crippen LogP contribution in [-0.2, 0) is 0 Å².